The zero-order valence-corrected chi connectivity index (χ0v) is 9.51. The van der Waals surface area contributed by atoms with Gasteiger partial charge in [0.1, 0.15) is 5.65 Å². The second kappa shape index (κ2) is 3.67. The van der Waals surface area contributed by atoms with E-state index in [9.17, 15) is 9.18 Å². The van der Waals surface area contributed by atoms with Crippen LogP contribution in [0.4, 0.5) is 4.39 Å². The van der Waals surface area contributed by atoms with Crippen molar-refractivity contribution < 1.29 is 4.39 Å². The number of fused-ring (bicyclic) bond motifs is 1. The van der Waals surface area contributed by atoms with E-state index in [1.165, 1.54) is 10.9 Å². The Labute approximate surface area is 95.1 Å². The third kappa shape index (κ3) is 1.58. The zero-order chi connectivity index (χ0) is 11.9. The van der Waals surface area contributed by atoms with Crippen LogP contribution in [-0.4, -0.2) is 28.7 Å². The Morgan fingerprint density at radius 2 is 2.25 bits per heavy atom. The quantitative estimate of drug-likeness (QED) is 0.749. The minimum absolute atomic E-state index is 0.169. The summed E-state index contributed by atoms with van der Waals surface area (Å²) in [6.07, 6.45) is 2.44. The van der Waals surface area contributed by atoms with Gasteiger partial charge in [0.15, 0.2) is 5.82 Å². The van der Waals surface area contributed by atoms with Gasteiger partial charge in [-0.05, 0) is 12.2 Å². The summed E-state index contributed by atoms with van der Waals surface area (Å²) in [6.45, 7) is 0. The number of pyridine rings is 1. The van der Waals surface area contributed by atoms with Crippen molar-refractivity contribution in [3.63, 3.8) is 0 Å². The van der Waals surface area contributed by atoms with E-state index in [1.54, 1.807) is 19.1 Å². The summed E-state index contributed by atoms with van der Waals surface area (Å²) in [5.41, 5.74) is -0.402. The van der Waals surface area contributed by atoms with Crippen molar-refractivity contribution >= 4 is 23.3 Å². The van der Waals surface area contributed by atoms with E-state index in [2.05, 4.69) is 9.97 Å². The lowest BCUT2D eigenvalue weighted by molar-refractivity contribution is 0.613. The van der Waals surface area contributed by atoms with E-state index >= 15 is 0 Å². The normalized spacial score (nSPS) is 10.7. The molecular formula is C9H9FN4OS. The molecule has 0 unspecified atom stereocenters. The van der Waals surface area contributed by atoms with E-state index < -0.39 is 11.2 Å². The highest BCUT2D eigenvalue weighted by Gasteiger charge is 2.07. The molecule has 0 aromatic carbocycles. The van der Waals surface area contributed by atoms with Gasteiger partial charge in [-0.3, -0.25) is 4.79 Å². The number of nitrogens with one attached hydrogen (secondary N) is 1. The molecule has 5 nitrogen and oxygen atoms in total. The van der Waals surface area contributed by atoms with Crippen LogP contribution in [0.25, 0.3) is 11.0 Å². The third-order valence-corrected chi connectivity index (χ3v) is 2.42. The summed E-state index contributed by atoms with van der Waals surface area (Å²) in [5.74, 6) is -0.836. The van der Waals surface area contributed by atoms with Crippen molar-refractivity contribution in [2.24, 2.45) is 0 Å². The van der Waals surface area contributed by atoms with Gasteiger partial charge in [-0.15, -0.1) is 0 Å². The van der Waals surface area contributed by atoms with Gasteiger partial charge in [-0.2, -0.15) is 0 Å². The summed E-state index contributed by atoms with van der Waals surface area (Å²) in [6, 6.07) is 0. The van der Waals surface area contributed by atoms with Crippen LogP contribution in [0, 0.1) is 10.6 Å². The smallest absolute Gasteiger partial charge is 0.228 e. The predicted molar refractivity (Wildman–Crippen MR) is 61.2 cm³/mol. The summed E-state index contributed by atoms with van der Waals surface area (Å²) in [7, 11) is 3.49. The van der Waals surface area contributed by atoms with Gasteiger partial charge in [0, 0.05) is 26.5 Å². The molecule has 0 atom stereocenters. The number of aromatic amines is 1. The monoisotopic (exact) mass is 240 g/mol. The number of H-pyrrole nitrogens is 1. The molecule has 0 saturated carbocycles. The standard InChI is InChI=1S/C9H9FN4OS/c1-13(2)14-4-5-7(15)6(10)3-11-8(5)12-9(14)16/h3-4H,1-2H3,(H,11,12,16). The van der Waals surface area contributed by atoms with Gasteiger partial charge >= 0.3 is 0 Å². The van der Waals surface area contributed by atoms with E-state index in [4.69, 9.17) is 12.2 Å². The van der Waals surface area contributed by atoms with Crippen LogP contribution in [-0.2, 0) is 0 Å². The Morgan fingerprint density at radius 3 is 2.88 bits per heavy atom. The molecule has 0 fully saturated rings. The highest BCUT2D eigenvalue weighted by Crippen LogP contribution is 2.04. The number of aromatic nitrogens is 3. The molecule has 0 radical (unpaired) electrons. The lowest BCUT2D eigenvalue weighted by Gasteiger charge is -2.16. The van der Waals surface area contributed by atoms with Crippen LogP contribution in [0.15, 0.2) is 17.2 Å². The summed E-state index contributed by atoms with van der Waals surface area (Å²) < 4.78 is 14.8. The topological polar surface area (TPSA) is 53.9 Å². The highest BCUT2D eigenvalue weighted by atomic mass is 32.1. The van der Waals surface area contributed by atoms with Crippen LogP contribution in [0.5, 0.6) is 0 Å². The van der Waals surface area contributed by atoms with Crippen LogP contribution in [0.3, 0.4) is 0 Å². The second-order valence-electron chi connectivity index (χ2n) is 3.44. The molecule has 1 N–H and O–H groups in total. The molecule has 2 aromatic heterocycles. The van der Waals surface area contributed by atoms with Crippen molar-refractivity contribution in [1.82, 2.24) is 14.6 Å². The van der Waals surface area contributed by atoms with Crippen LogP contribution < -0.4 is 10.4 Å². The van der Waals surface area contributed by atoms with Crippen LogP contribution in [0.1, 0.15) is 0 Å². The van der Waals surface area contributed by atoms with Gasteiger partial charge in [0.25, 0.3) is 0 Å². The second-order valence-corrected chi connectivity index (χ2v) is 3.81. The molecule has 0 bridgehead atoms. The minimum Gasteiger partial charge on any atom is -0.343 e. The predicted octanol–water partition coefficient (Wildman–Crippen LogP) is 0.791. The van der Waals surface area contributed by atoms with Crippen molar-refractivity contribution in [2.45, 2.75) is 0 Å². The Morgan fingerprint density at radius 1 is 1.56 bits per heavy atom. The van der Waals surface area contributed by atoms with Gasteiger partial charge in [-0.1, -0.05) is 0 Å². The molecule has 2 aromatic rings. The van der Waals surface area contributed by atoms with Gasteiger partial charge < -0.3 is 9.99 Å². The largest absolute Gasteiger partial charge is 0.343 e. The maximum atomic E-state index is 13.1. The fraction of sp³-hybridized carbons (Fsp3) is 0.222. The Hall–Kier alpha value is -1.76. The van der Waals surface area contributed by atoms with Gasteiger partial charge in [0.05, 0.1) is 5.39 Å². The Kier molecular flexibility index (Phi) is 2.47. The first-order chi connectivity index (χ1) is 7.50. The number of hydrogen-bond acceptors (Lipinski definition) is 4. The Balaban J connectivity index is 2.92. The fourth-order valence-electron chi connectivity index (χ4n) is 1.33. The number of rotatable bonds is 1. The summed E-state index contributed by atoms with van der Waals surface area (Å²) >= 11 is 5.03. The molecule has 0 aliphatic carbocycles. The van der Waals surface area contributed by atoms with Crippen molar-refractivity contribution in [3.8, 4) is 0 Å². The average molecular weight is 240 g/mol. The van der Waals surface area contributed by atoms with E-state index in [0.29, 0.717) is 4.77 Å². The molecule has 0 saturated heterocycles. The number of nitrogens with zero attached hydrogens (tertiary/aromatic N) is 3. The Bertz CT molecular complexity index is 661. The minimum atomic E-state index is -0.836. The van der Waals surface area contributed by atoms with Crippen LogP contribution >= 0.6 is 12.2 Å². The maximum Gasteiger partial charge on any atom is 0.228 e. The molecule has 0 spiro atoms. The molecule has 0 aliphatic rings. The fourth-order valence-corrected chi connectivity index (χ4v) is 1.64. The van der Waals surface area contributed by atoms with Crippen molar-refractivity contribution in [2.75, 3.05) is 19.1 Å². The molecule has 0 aliphatic heterocycles. The molecular weight excluding hydrogens is 231 g/mol. The first-order valence-corrected chi connectivity index (χ1v) is 4.89. The van der Waals surface area contributed by atoms with Crippen molar-refractivity contribution in [3.05, 3.63) is 33.2 Å². The van der Waals surface area contributed by atoms with Gasteiger partial charge in [0.2, 0.25) is 10.2 Å². The highest BCUT2D eigenvalue weighted by molar-refractivity contribution is 7.71. The van der Waals surface area contributed by atoms with Crippen molar-refractivity contribution in [1.29, 1.82) is 0 Å². The zero-order valence-electron chi connectivity index (χ0n) is 8.69. The SMILES string of the molecule is CN(C)n1cc2c(=O)c(F)c[nH]c2nc1=S. The molecule has 84 valence electrons. The molecule has 2 heterocycles. The number of halogens is 1. The summed E-state index contributed by atoms with van der Waals surface area (Å²) in [4.78, 5) is 18.1. The third-order valence-electron chi connectivity index (χ3n) is 2.14. The lowest BCUT2D eigenvalue weighted by Crippen LogP contribution is -2.27. The van der Waals surface area contributed by atoms with E-state index in [-0.39, 0.29) is 11.0 Å². The molecule has 0 amide bonds. The van der Waals surface area contributed by atoms with E-state index in [0.717, 1.165) is 6.20 Å². The van der Waals surface area contributed by atoms with Crippen LogP contribution in [0.2, 0.25) is 0 Å². The first kappa shape index (κ1) is 10.7. The molecule has 2 rings (SSSR count). The molecule has 7 heteroatoms. The van der Waals surface area contributed by atoms with E-state index in [1.807, 2.05) is 0 Å². The number of hydrogen-bond donors (Lipinski definition) is 1. The summed E-state index contributed by atoms with van der Waals surface area (Å²) in [5, 5.41) is 1.82. The maximum absolute atomic E-state index is 13.1. The average Bonchev–Trinajstić information content (AvgIpc) is 2.23. The lowest BCUT2D eigenvalue weighted by atomic mass is 10.3. The van der Waals surface area contributed by atoms with Gasteiger partial charge in [-0.25, -0.2) is 14.1 Å². The first-order valence-electron chi connectivity index (χ1n) is 4.49. The molecule has 16 heavy (non-hydrogen) atoms.